The smallest absolute Gasteiger partial charge is 0.338 e. The van der Waals surface area contributed by atoms with Crippen molar-refractivity contribution in [3.63, 3.8) is 0 Å². The van der Waals surface area contributed by atoms with Gasteiger partial charge in [0.15, 0.2) is 0 Å². The third-order valence-electron chi connectivity index (χ3n) is 8.52. The summed E-state index contributed by atoms with van der Waals surface area (Å²) >= 11 is 6.04. The molecule has 0 bridgehead atoms. The molecule has 1 aromatic heterocycles. The number of likely N-dealkylation sites (tertiary alicyclic amines) is 1. The van der Waals surface area contributed by atoms with Gasteiger partial charge in [0.1, 0.15) is 11.9 Å². The first-order chi connectivity index (χ1) is 19.5. The van der Waals surface area contributed by atoms with Crippen LogP contribution in [0.4, 0.5) is 0 Å². The SMILES string of the molecule is O=C(OC1CCCC1)c1cccc2c1C/C(=C/CCN1CCC(O)(c3ccc(Cl)cc3)CC1)c1cccnc1O2. The monoisotopic (exact) mass is 558 g/mol. The minimum atomic E-state index is -0.810. The number of hydrogen-bond donors (Lipinski definition) is 1. The van der Waals surface area contributed by atoms with E-state index in [0.717, 1.165) is 74.0 Å². The summed E-state index contributed by atoms with van der Waals surface area (Å²) in [4.78, 5) is 20.1. The van der Waals surface area contributed by atoms with Crippen LogP contribution in [0.25, 0.3) is 5.57 Å². The first-order valence-corrected chi connectivity index (χ1v) is 14.7. The molecule has 1 saturated carbocycles. The summed E-state index contributed by atoms with van der Waals surface area (Å²) < 4.78 is 12.1. The predicted molar refractivity (Wildman–Crippen MR) is 156 cm³/mol. The molecule has 1 saturated heterocycles. The molecule has 0 atom stereocenters. The van der Waals surface area contributed by atoms with E-state index < -0.39 is 5.60 Å². The van der Waals surface area contributed by atoms with Crippen molar-refractivity contribution >= 4 is 23.1 Å². The molecule has 1 aliphatic carbocycles. The fraction of sp³-hybridized carbons (Fsp3) is 0.394. The van der Waals surface area contributed by atoms with Crippen molar-refractivity contribution in [1.82, 2.24) is 9.88 Å². The van der Waals surface area contributed by atoms with Crippen molar-refractivity contribution in [3.05, 3.63) is 94.1 Å². The number of pyridine rings is 1. The third kappa shape index (κ3) is 5.80. The summed E-state index contributed by atoms with van der Waals surface area (Å²) in [6.07, 6.45) is 10.9. The first-order valence-electron chi connectivity index (χ1n) is 14.3. The van der Waals surface area contributed by atoms with Crippen LogP contribution in [0, 0.1) is 0 Å². The van der Waals surface area contributed by atoms with E-state index in [1.54, 1.807) is 6.20 Å². The van der Waals surface area contributed by atoms with Crippen molar-refractivity contribution in [1.29, 1.82) is 0 Å². The molecule has 40 heavy (non-hydrogen) atoms. The topological polar surface area (TPSA) is 71.9 Å². The number of carbonyl (C=O) groups excluding carboxylic acids is 1. The largest absolute Gasteiger partial charge is 0.459 e. The zero-order valence-corrected chi connectivity index (χ0v) is 23.4. The number of hydrogen-bond acceptors (Lipinski definition) is 6. The summed E-state index contributed by atoms with van der Waals surface area (Å²) in [5.74, 6) is 0.939. The lowest BCUT2D eigenvalue weighted by molar-refractivity contribution is -0.0254. The maximum Gasteiger partial charge on any atom is 0.338 e. The van der Waals surface area contributed by atoms with E-state index >= 15 is 0 Å². The molecular formula is C33H35ClN2O4. The van der Waals surface area contributed by atoms with Gasteiger partial charge in [-0.3, -0.25) is 0 Å². The number of aromatic nitrogens is 1. The van der Waals surface area contributed by atoms with Crippen molar-refractivity contribution in [2.75, 3.05) is 19.6 Å². The average Bonchev–Trinajstić information content (AvgIpc) is 3.42. The molecule has 3 aromatic rings. The molecule has 6 rings (SSSR count). The predicted octanol–water partition coefficient (Wildman–Crippen LogP) is 6.94. The summed E-state index contributed by atoms with van der Waals surface area (Å²) in [6.45, 7) is 2.53. The quantitative estimate of drug-likeness (QED) is 0.330. The summed E-state index contributed by atoms with van der Waals surface area (Å²) in [6, 6.07) is 17.1. The van der Waals surface area contributed by atoms with Gasteiger partial charge in [-0.25, -0.2) is 9.78 Å². The molecule has 2 aliphatic heterocycles. The zero-order valence-electron chi connectivity index (χ0n) is 22.7. The highest BCUT2D eigenvalue weighted by molar-refractivity contribution is 6.30. The van der Waals surface area contributed by atoms with Crippen LogP contribution in [-0.4, -0.2) is 46.7 Å². The average molecular weight is 559 g/mol. The number of esters is 1. The van der Waals surface area contributed by atoms with Gasteiger partial charge in [-0.05, 0) is 92.5 Å². The van der Waals surface area contributed by atoms with E-state index in [4.69, 9.17) is 21.1 Å². The van der Waals surface area contributed by atoms with Crippen LogP contribution in [0.15, 0.2) is 66.9 Å². The number of fused-ring (bicyclic) bond motifs is 2. The Morgan fingerprint density at radius 3 is 2.65 bits per heavy atom. The van der Waals surface area contributed by atoms with Gasteiger partial charge in [-0.1, -0.05) is 35.9 Å². The van der Waals surface area contributed by atoms with Crippen LogP contribution >= 0.6 is 11.6 Å². The van der Waals surface area contributed by atoms with E-state index in [1.807, 2.05) is 54.6 Å². The van der Waals surface area contributed by atoms with Crippen molar-refractivity contribution in [3.8, 4) is 11.6 Å². The van der Waals surface area contributed by atoms with Gasteiger partial charge in [0.25, 0.3) is 0 Å². The molecule has 208 valence electrons. The van der Waals surface area contributed by atoms with Crippen LogP contribution < -0.4 is 4.74 Å². The van der Waals surface area contributed by atoms with Gasteiger partial charge >= 0.3 is 5.97 Å². The lowest BCUT2D eigenvalue weighted by Gasteiger charge is -2.38. The number of nitrogens with zero attached hydrogens (tertiary/aromatic N) is 2. The number of aliphatic hydroxyl groups is 1. The highest BCUT2D eigenvalue weighted by Crippen LogP contribution is 2.40. The number of halogens is 1. The molecule has 0 radical (unpaired) electrons. The van der Waals surface area contributed by atoms with E-state index in [-0.39, 0.29) is 12.1 Å². The van der Waals surface area contributed by atoms with Gasteiger partial charge < -0.3 is 19.5 Å². The molecule has 6 nitrogen and oxygen atoms in total. The molecule has 1 N–H and O–H groups in total. The highest BCUT2D eigenvalue weighted by Gasteiger charge is 2.34. The lowest BCUT2D eigenvalue weighted by atomic mass is 9.84. The second kappa shape index (κ2) is 11.7. The minimum absolute atomic E-state index is 0.00539. The van der Waals surface area contributed by atoms with E-state index in [1.165, 1.54) is 0 Å². The Morgan fingerprint density at radius 1 is 1.10 bits per heavy atom. The van der Waals surface area contributed by atoms with E-state index in [9.17, 15) is 9.90 Å². The summed E-state index contributed by atoms with van der Waals surface area (Å²) in [5.41, 5.74) is 3.58. The Labute approximate surface area is 240 Å². The second-order valence-electron chi connectivity index (χ2n) is 11.1. The first kappa shape index (κ1) is 27.0. The molecule has 2 aromatic carbocycles. The Hall–Kier alpha value is -3.19. The molecular weight excluding hydrogens is 524 g/mol. The summed E-state index contributed by atoms with van der Waals surface area (Å²) in [7, 11) is 0. The van der Waals surface area contributed by atoms with Gasteiger partial charge in [-0.15, -0.1) is 0 Å². The van der Waals surface area contributed by atoms with Gasteiger partial charge in [0.2, 0.25) is 5.88 Å². The Balaban J connectivity index is 1.17. The highest BCUT2D eigenvalue weighted by atomic mass is 35.5. The Kier molecular flexibility index (Phi) is 7.92. The van der Waals surface area contributed by atoms with Gasteiger partial charge in [0.05, 0.1) is 11.2 Å². The standard InChI is InChI=1S/C33H35ClN2O4/c34-25-14-12-24(13-15-25)33(38)16-20-36(21-17-33)19-5-6-23-22-29-28(32(37)39-26-7-1-2-8-26)9-3-11-30(29)40-31-27(23)10-4-18-35-31/h3-4,6,9-15,18,26,38H,1-2,5,7-8,16-17,19-22H2/b23-6-. The van der Waals surface area contributed by atoms with Crippen LogP contribution in [-0.2, 0) is 16.8 Å². The Bertz CT molecular complexity index is 1390. The third-order valence-corrected chi connectivity index (χ3v) is 8.77. The van der Waals surface area contributed by atoms with E-state index in [0.29, 0.717) is 41.5 Å². The number of benzene rings is 2. The van der Waals surface area contributed by atoms with Crippen molar-refractivity contribution in [2.24, 2.45) is 0 Å². The molecule has 0 amide bonds. The van der Waals surface area contributed by atoms with Crippen LogP contribution in [0.5, 0.6) is 11.6 Å². The molecule has 0 spiro atoms. The normalized spacial score (nSPS) is 19.9. The van der Waals surface area contributed by atoms with Gasteiger partial charge in [0, 0.05) is 48.4 Å². The maximum absolute atomic E-state index is 13.2. The lowest BCUT2D eigenvalue weighted by Crippen LogP contribution is -2.42. The number of allylic oxidation sites excluding steroid dienone is 1. The number of piperidine rings is 1. The second-order valence-corrected chi connectivity index (χ2v) is 11.6. The number of rotatable bonds is 6. The molecule has 3 heterocycles. The Morgan fingerprint density at radius 2 is 1.88 bits per heavy atom. The molecule has 2 fully saturated rings. The van der Waals surface area contributed by atoms with Crippen LogP contribution in [0.1, 0.15) is 72.0 Å². The summed E-state index contributed by atoms with van der Waals surface area (Å²) in [5, 5.41) is 11.9. The molecule has 3 aliphatic rings. The minimum Gasteiger partial charge on any atom is -0.459 e. The number of carbonyl (C=O) groups is 1. The van der Waals surface area contributed by atoms with Gasteiger partial charge in [-0.2, -0.15) is 0 Å². The van der Waals surface area contributed by atoms with Crippen LogP contribution in [0.3, 0.4) is 0 Å². The fourth-order valence-corrected chi connectivity index (χ4v) is 6.29. The van der Waals surface area contributed by atoms with Crippen molar-refractivity contribution in [2.45, 2.75) is 63.1 Å². The van der Waals surface area contributed by atoms with Crippen LogP contribution in [0.2, 0.25) is 5.02 Å². The maximum atomic E-state index is 13.2. The zero-order chi connectivity index (χ0) is 27.5. The van der Waals surface area contributed by atoms with E-state index in [2.05, 4.69) is 16.0 Å². The fourth-order valence-electron chi connectivity index (χ4n) is 6.16. The van der Waals surface area contributed by atoms with Crippen molar-refractivity contribution < 1.29 is 19.4 Å². The molecule has 0 unspecified atom stereocenters. The molecule has 7 heteroatoms. The number of ether oxygens (including phenoxy) is 2.